The van der Waals surface area contributed by atoms with Crippen LogP contribution in [0, 0.1) is 0 Å². The van der Waals surface area contributed by atoms with Crippen molar-refractivity contribution < 1.29 is 41.8 Å². The average molecular weight is 547 g/mol. The van der Waals surface area contributed by atoms with Crippen LogP contribution in [0.1, 0.15) is 59.3 Å². The van der Waals surface area contributed by atoms with Crippen LogP contribution in [0.4, 0.5) is 0 Å². The minimum absolute atomic E-state index is 0. The maximum Gasteiger partial charge on any atom is 0.188 e. The number of aromatic hydroxyl groups is 3. The third-order valence-corrected chi connectivity index (χ3v) is 9.11. The SMILES string of the molecule is CCCC[Si](O)(CCCC)CCCC.Oc1ccccc1.Oc1ccccc1.Oc1ccccc1.[Ti]. The number of para-hydroxylation sites is 3. The summed E-state index contributed by atoms with van der Waals surface area (Å²) in [7, 11) is -1.81. The second kappa shape index (κ2) is 24.6. The monoisotopic (exact) mass is 546 g/mol. The van der Waals surface area contributed by atoms with Crippen molar-refractivity contribution in [1.29, 1.82) is 0 Å². The van der Waals surface area contributed by atoms with Crippen molar-refractivity contribution in [2.24, 2.45) is 0 Å². The zero-order valence-electron chi connectivity index (χ0n) is 22.3. The van der Waals surface area contributed by atoms with Gasteiger partial charge in [-0.1, -0.05) is 114 Å². The normalized spacial score (nSPS) is 9.67. The van der Waals surface area contributed by atoms with E-state index in [4.69, 9.17) is 15.3 Å². The number of phenols is 3. The van der Waals surface area contributed by atoms with Crippen molar-refractivity contribution in [3.8, 4) is 17.2 Å². The molecule has 0 aliphatic carbocycles. The van der Waals surface area contributed by atoms with E-state index in [9.17, 15) is 4.80 Å². The van der Waals surface area contributed by atoms with Crippen LogP contribution in [0.5, 0.6) is 17.2 Å². The summed E-state index contributed by atoms with van der Waals surface area (Å²) in [5.74, 6) is 0.965. The Morgan fingerprint density at radius 3 is 0.833 bits per heavy atom. The van der Waals surface area contributed by atoms with Crippen molar-refractivity contribution in [3.05, 3.63) is 91.0 Å². The molecule has 36 heavy (non-hydrogen) atoms. The summed E-state index contributed by atoms with van der Waals surface area (Å²) < 4.78 is 0. The van der Waals surface area contributed by atoms with Gasteiger partial charge in [-0.2, -0.15) is 0 Å². The zero-order valence-corrected chi connectivity index (χ0v) is 24.9. The van der Waals surface area contributed by atoms with Gasteiger partial charge in [-0.15, -0.1) is 0 Å². The van der Waals surface area contributed by atoms with Crippen LogP contribution in [0.25, 0.3) is 0 Å². The van der Waals surface area contributed by atoms with Gasteiger partial charge in [-0.3, -0.25) is 0 Å². The maximum absolute atomic E-state index is 10.5. The molecule has 0 aliphatic heterocycles. The molecular formula is C30H46O4SiTi. The molecule has 0 bridgehead atoms. The smallest absolute Gasteiger partial charge is 0.188 e. The molecule has 0 radical (unpaired) electrons. The predicted molar refractivity (Wildman–Crippen MR) is 151 cm³/mol. The number of hydrogen-bond acceptors (Lipinski definition) is 4. The number of hydrogen-bond donors (Lipinski definition) is 4. The van der Waals surface area contributed by atoms with Crippen molar-refractivity contribution in [2.45, 2.75) is 77.4 Å². The van der Waals surface area contributed by atoms with Crippen molar-refractivity contribution in [2.75, 3.05) is 0 Å². The molecule has 0 saturated carbocycles. The van der Waals surface area contributed by atoms with Crippen LogP contribution in [-0.4, -0.2) is 28.4 Å². The van der Waals surface area contributed by atoms with E-state index in [1.807, 2.05) is 18.2 Å². The maximum atomic E-state index is 10.5. The third-order valence-electron chi connectivity index (χ3n) is 5.26. The Labute approximate surface area is 235 Å². The first-order valence-electron chi connectivity index (χ1n) is 12.8. The number of phenolic OH excluding ortho intramolecular Hbond substituents is 3. The van der Waals surface area contributed by atoms with E-state index in [1.54, 1.807) is 72.8 Å². The van der Waals surface area contributed by atoms with Gasteiger partial charge in [0.25, 0.3) is 0 Å². The van der Waals surface area contributed by atoms with Crippen LogP contribution < -0.4 is 0 Å². The molecule has 0 atom stereocenters. The summed E-state index contributed by atoms with van der Waals surface area (Å²) in [5.41, 5.74) is 0. The summed E-state index contributed by atoms with van der Waals surface area (Å²) in [6, 6.07) is 29.6. The van der Waals surface area contributed by atoms with Crippen molar-refractivity contribution in [1.82, 2.24) is 0 Å². The van der Waals surface area contributed by atoms with E-state index in [0.717, 1.165) is 18.1 Å². The van der Waals surface area contributed by atoms with Gasteiger partial charge in [-0.05, 0) is 54.5 Å². The fraction of sp³-hybridized carbons (Fsp3) is 0.400. The Kier molecular flexibility index (Phi) is 24.7. The topological polar surface area (TPSA) is 80.9 Å². The molecule has 0 heterocycles. The number of rotatable bonds is 9. The van der Waals surface area contributed by atoms with Gasteiger partial charge in [0.05, 0.1) is 0 Å². The summed E-state index contributed by atoms with van der Waals surface area (Å²) in [5, 5.41) is 25.9. The van der Waals surface area contributed by atoms with Gasteiger partial charge in [0.15, 0.2) is 8.32 Å². The molecule has 6 heteroatoms. The van der Waals surface area contributed by atoms with E-state index in [1.165, 1.54) is 38.5 Å². The Morgan fingerprint density at radius 1 is 0.472 bits per heavy atom. The molecule has 0 spiro atoms. The Hall–Kier alpha value is -2.05. The summed E-state index contributed by atoms with van der Waals surface area (Å²) >= 11 is 0. The third kappa shape index (κ3) is 22.4. The summed E-state index contributed by atoms with van der Waals surface area (Å²) in [6.07, 6.45) is 7.39. The Morgan fingerprint density at radius 2 is 0.694 bits per heavy atom. The molecule has 3 aromatic carbocycles. The fourth-order valence-corrected chi connectivity index (χ4v) is 6.96. The Balaban J connectivity index is 0. The van der Waals surface area contributed by atoms with Crippen LogP contribution in [0.3, 0.4) is 0 Å². The van der Waals surface area contributed by atoms with Crippen molar-refractivity contribution in [3.63, 3.8) is 0 Å². The molecule has 4 N–H and O–H groups in total. The van der Waals surface area contributed by atoms with Gasteiger partial charge in [0.2, 0.25) is 0 Å². The zero-order chi connectivity index (χ0) is 26.2. The average Bonchev–Trinajstić information content (AvgIpc) is 2.88. The second-order valence-corrected chi connectivity index (χ2v) is 12.5. The van der Waals surface area contributed by atoms with Crippen LogP contribution in [0.2, 0.25) is 18.1 Å². The molecule has 0 unspecified atom stereocenters. The van der Waals surface area contributed by atoms with Crippen LogP contribution in [-0.2, 0) is 21.7 Å². The first kappa shape index (κ1) is 36.1. The second-order valence-electron chi connectivity index (χ2n) is 8.54. The molecule has 3 rings (SSSR count). The van der Waals surface area contributed by atoms with Crippen molar-refractivity contribution >= 4 is 8.32 Å². The quantitative estimate of drug-likeness (QED) is 0.203. The van der Waals surface area contributed by atoms with Crippen LogP contribution in [0.15, 0.2) is 91.0 Å². The van der Waals surface area contributed by atoms with E-state index in [2.05, 4.69) is 20.8 Å². The van der Waals surface area contributed by atoms with Gasteiger partial charge >= 0.3 is 0 Å². The van der Waals surface area contributed by atoms with E-state index in [0.29, 0.717) is 17.2 Å². The molecular weight excluding hydrogens is 500 g/mol. The molecule has 198 valence electrons. The van der Waals surface area contributed by atoms with Gasteiger partial charge in [-0.25, -0.2) is 0 Å². The van der Waals surface area contributed by atoms with Crippen LogP contribution >= 0.6 is 0 Å². The molecule has 0 aromatic heterocycles. The largest absolute Gasteiger partial charge is 0.508 e. The van der Waals surface area contributed by atoms with Gasteiger partial charge in [0.1, 0.15) is 17.2 Å². The predicted octanol–water partition coefficient (Wildman–Crippen LogP) is 8.50. The van der Waals surface area contributed by atoms with E-state index in [-0.39, 0.29) is 21.7 Å². The molecule has 0 amide bonds. The van der Waals surface area contributed by atoms with E-state index < -0.39 is 8.32 Å². The standard InChI is InChI=1S/C12H28OSi.3C6H6O.Ti/c1-4-7-10-14(13,11-8-5-2)12-9-6-3;3*7-6-4-2-1-3-5-6;/h13H,4-12H2,1-3H3;3*1-5,7H;. The number of unbranched alkanes of at least 4 members (excludes halogenated alkanes) is 3. The fourth-order valence-electron chi connectivity index (χ4n) is 3.18. The first-order valence-corrected chi connectivity index (χ1v) is 15.4. The first-order chi connectivity index (χ1) is 16.9. The molecule has 0 saturated heterocycles. The number of benzene rings is 3. The molecule has 0 aliphatic rings. The Bertz CT molecular complexity index is 709. The summed E-state index contributed by atoms with van der Waals surface area (Å²) in [6.45, 7) is 6.65. The minimum Gasteiger partial charge on any atom is -0.508 e. The minimum atomic E-state index is -1.81. The van der Waals surface area contributed by atoms with E-state index >= 15 is 0 Å². The van der Waals surface area contributed by atoms with Gasteiger partial charge in [0, 0.05) is 21.7 Å². The summed E-state index contributed by atoms with van der Waals surface area (Å²) in [4.78, 5) is 10.5. The molecule has 4 nitrogen and oxygen atoms in total. The molecule has 3 aromatic rings. The molecule has 0 fully saturated rings. The van der Waals surface area contributed by atoms with Gasteiger partial charge < -0.3 is 20.1 Å².